The van der Waals surface area contributed by atoms with Gasteiger partial charge in [0.15, 0.2) is 0 Å². The number of anilines is 1. The van der Waals surface area contributed by atoms with Gasteiger partial charge in [0.2, 0.25) is 0 Å². The minimum atomic E-state index is -0.548. The number of nitriles is 1. The highest BCUT2D eigenvalue weighted by atomic mass is 16.5. The number of hydrogen-bond donors (Lipinski definition) is 1. The van der Waals surface area contributed by atoms with Gasteiger partial charge in [0, 0.05) is 17.8 Å². The molecule has 0 aliphatic carbocycles. The van der Waals surface area contributed by atoms with Gasteiger partial charge in [-0.3, -0.25) is 0 Å². The molecule has 0 bridgehead atoms. The van der Waals surface area contributed by atoms with E-state index in [2.05, 4.69) is 24.8 Å². The molecular formula is C16H22N2O2. The average molecular weight is 274 g/mol. The molecule has 1 aromatic rings. The van der Waals surface area contributed by atoms with Crippen molar-refractivity contribution in [2.45, 2.75) is 45.4 Å². The molecule has 0 spiro atoms. The molecule has 1 heterocycles. The lowest BCUT2D eigenvalue weighted by atomic mass is 10.0. The number of nitrogens with zero attached hydrogens (tertiary/aromatic N) is 2. The largest absolute Gasteiger partial charge is 0.389 e. The summed E-state index contributed by atoms with van der Waals surface area (Å²) in [4.78, 5) is 2.27. The third kappa shape index (κ3) is 2.95. The fourth-order valence-electron chi connectivity index (χ4n) is 2.69. The van der Waals surface area contributed by atoms with E-state index in [0.717, 1.165) is 24.2 Å². The second-order valence-corrected chi connectivity index (χ2v) is 5.42. The Balaban J connectivity index is 2.44. The van der Waals surface area contributed by atoms with Gasteiger partial charge in [-0.05, 0) is 32.4 Å². The number of aliphatic hydroxyl groups excluding tert-OH is 1. The van der Waals surface area contributed by atoms with Crippen LogP contribution in [-0.4, -0.2) is 30.4 Å². The van der Waals surface area contributed by atoms with Crippen LogP contribution in [0.1, 0.15) is 44.4 Å². The van der Waals surface area contributed by atoms with Crippen molar-refractivity contribution in [3.8, 4) is 6.07 Å². The predicted octanol–water partition coefficient (Wildman–Crippen LogP) is 2.62. The first-order valence-corrected chi connectivity index (χ1v) is 7.17. The number of hydrogen-bond acceptors (Lipinski definition) is 4. The van der Waals surface area contributed by atoms with Gasteiger partial charge in [-0.25, -0.2) is 0 Å². The highest BCUT2D eigenvalue weighted by Gasteiger charge is 2.28. The summed E-state index contributed by atoms with van der Waals surface area (Å²) in [5.41, 5.74) is 2.45. The first-order valence-electron chi connectivity index (χ1n) is 7.17. The van der Waals surface area contributed by atoms with Crippen LogP contribution in [0.2, 0.25) is 0 Å². The third-order valence-electron chi connectivity index (χ3n) is 3.86. The van der Waals surface area contributed by atoms with E-state index in [-0.39, 0.29) is 12.1 Å². The van der Waals surface area contributed by atoms with Gasteiger partial charge in [0.1, 0.15) is 0 Å². The van der Waals surface area contributed by atoms with Crippen molar-refractivity contribution >= 4 is 5.69 Å². The standard InChI is InChI=1S/C16H22N2O2/c1-4-14-10-20-11(2)9-18(14)16-7-13(8-17)5-6-15(16)12(3)19/h5-7,11-12,14,19H,4,9-10H2,1-3H3/t11?,12-,14?/m0/s1. The summed E-state index contributed by atoms with van der Waals surface area (Å²) < 4.78 is 5.72. The molecule has 1 aromatic carbocycles. The lowest BCUT2D eigenvalue weighted by Gasteiger charge is -2.41. The minimum Gasteiger partial charge on any atom is -0.389 e. The Bertz CT molecular complexity index is 508. The molecule has 0 saturated carbocycles. The highest BCUT2D eigenvalue weighted by molar-refractivity contribution is 5.59. The molecule has 1 aliphatic rings. The Morgan fingerprint density at radius 2 is 2.30 bits per heavy atom. The number of morpholine rings is 1. The van der Waals surface area contributed by atoms with Crippen LogP contribution in [0, 0.1) is 11.3 Å². The van der Waals surface area contributed by atoms with Crippen LogP contribution in [0.4, 0.5) is 5.69 Å². The fraction of sp³-hybridized carbons (Fsp3) is 0.562. The third-order valence-corrected chi connectivity index (χ3v) is 3.86. The molecule has 3 atom stereocenters. The summed E-state index contributed by atoms with van der Waals surface area (Å²) in [5.74, 6) is 0. The Morgan fingerprint density at radius 1 is 1.55 bits per heavy atom. The Labute approximate surface area is 120 Å². The number of ether oxygens (including phenoxy) is 1. The predicted molar refractivity (Wildman–Crippen MR) is 78.6 cm³/mol. The first kappa shape index (κ1) is 14.8. The van der Waals surface area contributed by atoms with Crippen LogP contribution in [0.5, 0.6) is 0 Å². The molecule has 1 fully saturated rings. The van der Waals surface area contributed by atoms with E-state index < -0.39 is 6.10 Å². The van der Waals surface area contributed by atoms with Crippen molar-refractivity contribution in [3.05, 3.63) is 29.3 Å². The summed E-state index contributed by atoms with van der Waals surface area (Å²) in [6, 6.07) is 7.96. The second-order valence-electron chi connectivity index (χ2n) is 5.42. The molecular weight excluding hydrogens is 252 g/mol. The van der Waals surface area contributed by atoms with Crippen LogP contribution >= 0.6 is 0 Å². The fourth-order valence-corrected chi connectivity index (χ4v) is 2.69. The van der Waals surface area contributed by atoms with Crippen LogP contribution in [0.15, 0.2) is 18.2 Å². The van der Waals surface area contributed by atoms with Gasteiger partial charge in [0.25, 0.3) is 0 Å². The maximum absolute atomic E-state index is 9.98. The maximum Gasteiger partial charge on any atom is 0.0992 e. The van der Waals surface area contributed by atoms with Crippen LogP contribution in [0.25, 0.3) is 0 Å². The van der Waals surface area contributed by atoms with Crippen molar-refractivity contribution in [1.82, 2.24) is 0 Å². The van der Waals surface area contributed by atoms with E-state index in [1.165, 1.54) is 0 Å². The molecule has 20 heavy (non-hydrogen) atoms. The maximum atomic E-state index is 9.98. The molecule has 108 valence electrons. The van der Waals surface area contributed by atoms with Gasteiger partial charge in [0.05, 0.1) is 36.5 Å². The summed E-state index contributed by atoms with van der Waals surface area (Å²) >= 11 is 0. The molecule has 0 amide bonds. The average Bonchev–Trinajstić information content (AvgIpc) is 2.46. The Hall–Kier alpha value is -1.57. The summed E-state index contributed by atoms with van der Waals surface area (Å²) in [7, 11) is 0. The molecule has 2 rings (SSSR count). The molecule has 0 aromatic heterocycles. The Kier molecular flexibility index (Phi) is 4.64. The SMILES string of the molecule is CCC1COC(C)CN1c1cc(C#N)ccc1[C@H](C)O. The van der Waals surface area contributed by atoms with Gasteiger partial charge in [-0.1, -0.05) is 13.0 Å². The normalized spacial score (nSPS) is 24.2. The zero-order valence-corrected chi connectivity index (χ0v) is 12.3. The molecule has 4 heteroatoms. The van der Waals surface area contributed by atoms with Gasteiger partial charge < -0.3 is 14.7 Å². The molecule has 1 saturated heterocycles. The first-order chi connectivity index (χ1) is 9.56. The van der Waals surface area contributed by atoms with Gasteiger partial charge >= 0.3 is 0 Å². The molecule has 1 N–H and O–H groups in total. The van der Waals surface area contributed by atoms with E-state index in [9.17, 15) is 5.11 Å². The van der Waals surface area contributed by atoms with Crippen LogP contribution in [0.3, 0.4) is 0 Å². The topological polar surface area (TPSA) is 56.5 Å². The quantitative estimate of drug-likeness (QED) is 0.920. The second kappa shape index (κ2) is 6.25. The zero-order valence-electron chi connectivity index (χ0n) is 12.3. The van der Waals surface area contributed by atoms with Crippen molar-refractivity contribution in [1.29, 1.82) is 5.26 Å². The lowest BCUT2D eigenvalue weighted by Crippen LogP contribution is -2.49. The lowest BCUT2D eigenvalue weighted by molar-refractivity contribution is 0.0297. The van der Waals surface area contributed by atoms with Crippen molar-refractivity contribution in [2.75, 3.05) is 18.1 Å². The van der Waals surface area contributed by atoms with Crippen LogP contribution in [-0.2, 0) is 4.74 Å². The summed E-state index contributed by atoms with van der Waals surface area (Å²) in [6.07, 6.45) is 0.585. The highest BCUT2D eigenvalue weighted by Crippen LogP contribution is 2.31. The van der Waals surface area contributed by atoms with Crippen LogP contribution < -0.4 is 4.90 Å². The number of rotatable bonds is 3. The minimum absolute atomic E-state index is 0.158. The van der Waals surface area contributed by atoms with E-state index >= 15 is 0 Å². The monoisotopic (exact) mass is 274 g/mol. The molecule has 2 unspecified atom stereocenters. The van der Waals surface area contributed by atoms with E-state index in [1.54, 1.807) is 13.0 Å². The summed E-state index contributed by atoms with van der Waals surface area (Å²) in [5, 5.41) is 19.1. The number of aliphatic hydroxyl groups is 1. The Morgan fingerprint density at radius 3 is 2.90 bits per heavy atom. The van der Waals surface area contributed by atoms with E-state index in [1.807, 2.05) is 12.1 Å². The van der Waals surface area contributed by atoms with Crippen molar-refractivity contribution in [2.24, 2.45) is 0 Å². The van der Waals surface area contributed by atoms with Crippen molar-refractivity contribution in [3.63, 3.8) is 0 Å². The smallest absolute Gasteiger partial charge is 0.0992 e. The zero-order chi connectivity index (χ0) is 14.7. The van der Waals surface area contributed by atoms with Gasteiger partial charge in [-0.15, -0.1) is 0 Å². The van der Waals surface area contributed by atoms with E-state index in [4.69, 9.17) is 10.00 Å². The van der Waals surface area contributed by atoms with E-state index in [0.29, 0.717) is 12.2 Å². The summed E-state index contributed by atoms with van der Waals surface area (Å²) in [6.45, 7) is 7.42. The van der Waals surface area contributed by atoms with Gasteiger partial charge in [-0.2, -0.15) is 5.26 Å². The van der Waals surface area contributed by atoms with Crippen molar-refractivity contribution < 1.29 is 9.84 Å². The molecule has 1 aliphatic heterocycles. The molecule has 4 nitrogen and oxygen atoms in total. The molecule has 0 radical (unpaired) electrons. The number of benzene rings is 1.